The van der Waals surface area contributed by atoms with Gasteiger partial charge in [0.15, 0.2) is 0 Å². The van der Waals surface area contributed by atoms with Crippen LogP contribution in [0.4, 0.5) is 0 Å². The summed E-state index contributed by atoms with van der Waals surface area (Å²) in [5.74, 6) is 0.181. The fourth-order valence-corrected chi connectivity index (χ4v) is 2.99. The lowest BCUT2D eigenvalue weighted by atomic mass is 10.1. The second-order valence-corrected chi connectivity index (χ2v) is 5.33. The van der Waals surface area contributed by atoms with Gasteiger partial charge in [-0.05, 0) is 45.8 Å². The van der Waals surface area contributed by atoms with Crippen molar-refractivity contribution in [2.75, 3.05) is 32.7 Å². The minimum Gasteiger partial charge on any atom is -0.300 e. The van der Waals surface area contributed by atoms with Crippen LogP contribution in [0.3, 0.4) is 0 Å². The maximum absolute atomic E-state index is 8.82. The predicted molar refractivity (Wildman–Crippen MR) is 65.0 cm³/mol. The van der Waals surface area contributed by atoms with Crippen LogP contribution in [-0.4, -0.2) is 48.6 Å². The van der Waals surface area contributed by atoms with E-state index in [4.69, 9.17) is 5.26 Å². The van der Waals surface area contributed by atoms with E-state index >= 15 is 0 Å². The van der Waals surface area contributed by atoms with E-state index in [1.807, 2.05) is 6.92 Å². The molecule has 2 unspecified atom stereocenters. The van der Waals surface area contributed by atoms with Crippen molar-refractivity contribution in [3.8, 4) is 6.07 Å². The Bertz CT molecular complexity index is 252. The Balaban J connectivity index is 1.76. The highest BCUT2D eigenvalue weighted by Gasteiger charge is 2.28. The van der Waals surface area contributed by atoms with E-state index in [2.05, 4.69) is 15.9 Å². The molecule has 0 amide bonds. The molecule has 0 radical (unpaired) electrons. The molecule has 0 aliphatic carbocycles. The van der Waals surface area contributed by atoms with Gasteiger partial charge in [-0.2, -0.15) is 5.26 Å². The first-order valence-electron chi connectivity index (χ1n) is 6.65. The van der Waals surface area contributed by atoms with Crippen LogP contribution in [0.5, 0.6) is 0 Å². The molecule has 2 heterocycles. The Morgan fingerprint density at radius 2 is 2.00 bits per heavy atom. The third-order valence-electron chi connectivity index (χ3n) is 3.91. The maximum atomic E-state index is 8.82. The van der Waals surface area contributed by atoms with Gasteiger partial charge in [0.05, 0.1) is 12.0 Å². The Morgan fingerprint density at radius 1 is 1.25 bits per heavy atom. The Kier molecular flexibility index (Phi) is 4.20. The van der Waals surface area contributed by atoms with Crippen molar-refractivity contribution < 1.29 is 0 Å². The Morgan fingerprint density at radius 3 is 2.69 bits per heavy atom. The second kappa shape index (κ2) is 5.65. The van der Waals surface area contributed by atoms with Gasteiger partial charge in [-0.1, -0.05) is 6.42 Å². The Labute approximate surface area is 99.0 Å². The molecule has 0 saturated carbocycles. The van der Waals surface area contributed by atoms with Crippen molar-refractivity contribution in [2.45, 2.75) is 38.6 Å². The highest BCUT2D eigenvalue weighted by Crippen LogP contribution is 2.20. The van der Waals surface area contributed by atoms with Crippen molar-refractivity contribution in [1.82, 2.24) is 9.80 Å². The molecule has 0 N–H and O–H groups in total. The van der Waals surface area contributed by atoms with Gasteiger partial charge in [0, 0.05) is 19.1 Å². The van der Waals surface area contributed by atoms with Crippen LogP contribution in [0.1, 0.15) is 32.6 Å². The summed E-state index contributed by atoms with van der Waals surface area (Å²) in [6, 6.07) is 3.10. The van der Waals surface area contributed by atoms with Gasteiger partial charge >= 0.3 is 0 Å². The summed E-state index contributed by atoms with van der Waals surface area (Å²) >= 11 is 0. The fraction of sp³-hybridized carbons (Fsp3) is 0.923. The molecule has 90 valence electrons. The fourth-order valence-electron chi connectivity index (χ4n) is 2.99. The van der Waals surface area contributed by atoms with Gasteiger partial charge < -0.3 is 4.90 Å². The molecule has 2 atom stereocenters. The van der Waals surface area contributed by atoms with Crippen LogP contribution in [0.25, 0.3) is 0 Å². The monoisotopic (exact) mass is 221 g/mol. The van der Waals surface area contributed by atoms with Crippen LogP contribution in [0, 0.1) is 17.2 Å². The molecule has 2 fully saturated rings. The molecule has 2 aliphatic heterocycles. The molecule has 3 nitrogen and oxygen atoms in total. The zero-order valence-corrected chi connectivity index (χ0v) is 10.4. The van der Waals surface area contributed by atoms with Crippen LogP contribution in [0.2, 0.25) is 0 Å². The first kappa shape index (κ1) is 11.9. The summed E-state index contributed by atoms with van der Waals surface area (Å²) in [5, 5.41) is 8.82. The maximum Gasteiger partial charge on any atom is 0.0666 e. The van der Waals surface area contributed by atoms with Crippen molar-refractivity contribution in [3.05, 3.63) is 0 Å². The number of rotatable bonds is 3. The predicted octanol–water partition coefficient (Wildman–Crippen LogP) is 1.71. The minimum atomic E-state index is 0.181. The molecule has 0 bridgehead atoms. The quantitative estimate of drug-likeness (QED) is 0.727. The molecular weight excluding hydrogens is 198 g/mol. The summed E-state index contributed by atoms with van der Waals surface area (Å²) in [4.78, 5) is 5.13. The van der Waals surface area contributed by atoms with Gasteiger partial charge in [-0.25, -0.2) is 0 Å². The van der Waals surface area contributed by atoms with E-state index in [-0.39, 0.29) is 5.92 Å². The average molecular weight is 221 g/mol. The third-order valence-corrected chi connectivity index (χ3v) is 3.91. The molecule has 3 heteroatoms. The smallest absolute Gasteiger partial charge is 0.0666 e. The van der Waals surface area contributed by atoms with E-state index in [1.54, 1.807) is 0 Å². The number of likely N-dealkylation sites (tertiary alicyclic amines) is 2. The van der Waals surface area contributed by atoms with Crippen LogP contribution >= 0.6 is 0 Å². The number of nitrogens with zero attached hydrogens (tertiary/aromatic N) is 3. The van der Waals surface area contributed by atoms with Gasteiger partial charge in [0.25, 0.3) is 0 Å². The zero-order chi connectivity index (χ0) is 11.4. The van der Waals surface area contributed by atoms with Crippen LogP contribution in [0.15, 0.2) is 0 Å². The molecule has 16 heavy (non-hydrogen) atoms. The van der Waals surface area contributed by atoms with Crippen molar-refractivity contribution in [2.24, 2.45) is 5.92 Å². The molecule has 0 aromatic carbocycles. The highest BCUT2D eigenvalue weighted by atomic mass is 15.3. The number of piperidine rings is 1. The van der Waals surface area contributed by atoms with Crippen molar-refractivity contribution in [1.29, 1.82) is 5.26 Å². The van der Waals surface area contributed by atoms with Gasteiger partial charge in [-0.15, -0.1) is 0 Å². The van der Waals surface area contributed by atoms with Crippen molar-refractivity contribution in [3.63, 3.8) is 0 Å². The highest BCUT2D eigenvalue weighted by molar-refractivity contribution is 4.88. The first-order chi connectivity index (χ1) is 7.79. The minimum absolute atomic E-state index is 0.181. The number of hydrogen-bond acceptors (Lipinski definition) is 3. The SMILES string of the molecule is CC(C#N)CN1CCC(N2CCCCC2)C1. The summed E-state index contributed by atoms with van der Waals surface area (Å²) in [5.41, 5.74) is 0. The third kappa shape index (κ3) is 2.96. The van der Waals surface area contributed by atoms with E-state index in [0.717, 1.165) is 12.6 Å². The standard InChI is InChI=1S/C13H23N3/c1-12(9-14)10-15-8-5-13(11-15)16-6-3-2-4-7-16/h12-13H,2-8,10-11H2,1H3. The average Bonchev–Trinajstić information content (AvgIpc) is 2.78. The van der Waals surface area contributed by atoms with Gasteiger partial charge in [0.2, 0.25) is 0 Å². The van der Waals surface area contributed by atoms with Gasteiger partial charge in [-0.3, -0.25) is 4.90 Å². The largest absolute Gasteiger partial charge is 0.300 e. The lowest BCUT2D eigenvalue weighted by molar-refractivity contribution is 0.161. The zero-order valence-electron chi connectivity index (χ0n) is 10.4. The topological polar surface area (TPSA) is 30.3 Å². The molecule has 2 rings (SSSR count). The molecule has 0 aromatic rings. The lowest BCUT2D eigenvalue weighted by Gasteiger charge is -2.32. The number of hydrogen-bond donors (Lipinski definition) is 0. The van der Waals surface area contributed by atoms with E-state index in [0.29, 0.717) is 0 Å². The molecule has 2 aliphatic rings. The van der Waals surface area contributed by atoms with Gasteiger partial charge in [0.1, 0.15) is 0 Å². The molecular formula is C13H23N3. The van der Waals surface area contributed by atoms with Crippen LogP contribution in [-0.2, 0) is 0 Å². The summed E-state index contributed by atoms with van der Waals surface area (Å²) in [6.45, 7) is 7.95. The normalized spacial score (nSPS) is 30.1. The summed E-state index contributed by atoms with van der Waals surface area (Å²) < 4.78 is 0. The molecule has 2 saturated heterocycles. The number of nitriles is 1. The van der Waals surface area contributed by atoms with E-state index in [1.165, 1.54) is 51.9 Å². The first-order valence-corrected chi connectivity index (χ1v) is 6.65. The molecule has 0 spiro atoms. The molecule has 0 aromatic heterocycles. The van der Waals surface area contributed by atoms with Crippen molar-refractivity contribution >= 4 is 0 Å². The lowest BCUT2D eigenvalue weighted by Crippen LogP contribution is -2.41. The summed E-state index contributed by atoms with van der Waals surface area (Å²) in [6.07, 6.45) is 5.48. The van der Waals surface area contributed by atoms with E-state index in [9.17, 15) is 0 Å². The second-order valence-electron chi connectivity index (χ2n) is 5.33. The van der Waals surface area contributed by atoms with Crippen LogP contribution < -0.4 is 0 Å². The summed E-state index contributed by atoms with van der Waals surface area (Å²) in [7, 11) is 0. The Hall–Kier alpha value is -0.590. The van der Waals surface area contributed by atoms with E-state index < -0.39 is 0 Å².